The summed E-state index contributed by atoms with van der Waals surface area (Å²) in [5.41, 5.74) is 0. The molecular formula is C16H21Cl2N5O2S2. The second-order valence-corrected chi connectivity index (χ2v) is 8.11. The van der Waals surface area contributed by atoms with E-state index in [4.69, 9.17) is 33.8 Å². The Kier molecular flexibility index (Phi) is 8.88. The average Bonchev–Trinajstić information content (AvgIpc) is 2.99. The van der Waals surface area contributed by atoms with Gasteiger partial charge in [-0.25, -0.2) is 4.68 Å². The fraction of sp³-hybridized carbons (Fsp3) is 0.438. The molecule has 0 aliphatic rings. The molecule has 2 rings (SSSR count). The lowest BCUT2D eigenvalue weighted by Crippen LogP contribution is -2.32. The summed E-state index contributed by atoms with van der Waals surface area (Å²) in [5.74, 6) is 7.52. The second-order valence-electron chi connectivity index (χ2n) is 5.26. The van der Waals surface area contributed by atoms with Crippen LogP contribution < -0.4 is 10.6 Å². The Hall–Kier alpha value is -1.29. The molecule has 0 unspecified atom stereocenters. The fourth-order valence-electron chi connectivity index (χ4n) is 2.13. The average molecular weight is 450 g/mol. The zero-order valence-corrected chi connectivity index (χ0v) is 18.2. The fourth-order valence-corrected chi connectivity index (χ4v) is 4.08. The third-order valence-electron chi connectivity index (χ3n) is 3.54. The van der Waals surface area contributed by atoms with Crippen molar-refractivity contribution in [1.29, 1.82) is 0 Å². The SMILES string of the molecule is CCN(CC)C(=O)CSc1nnc(SCCOc2ccc(Cl)cc2Cl)n1N. The molecule has 2 aromatic rings. The van der Waals surface area contributed by atoms with E-state index in [1.807, 2.05) is 13.8 Å². The van der Waals surface area contributed by atoms with E-state index < -0.39 is 0 Å². The molecule has 1 aromatic carbocycles. The Morgan fingerprint density at radius 1 is 1.22 bits per heavy atom. The third-order valence-corrected chi connectivity index (χ3v) is 5.91. The zero-order chi connectivity index (χ0) is 19.8. The molecule has 0 aliphatic carbocycles. The Bertz CT molecular complexity index is 771. The van der Waals surface area contributed by atoms with E-state index in [0.717, 1.165) is 0 Å². The Labute approximate surface area is 176 Å². The number of nitrogens with zero attached hydrogens (tertiary/aromatic N) is 4. The van der Waals surface area contributed by atoms with Crippen molar-refractivity contribution in [2.45, 2.75) is 24.2 Å². The number of halogens is 2. The summed E-state index contributed by atoms with van der Waals surface area (Å²) in [7, 11) is 0. The second kappa shape index (κ2) is 10.9. The number of thioether (sulfide) groups is 2. The molecule has 148 valence electrons. The number of amides is 1. The van der Waals surface area contributed by atoms with Crippen molar-refractivity contribution in [2.24, 2.45) is 0 Å². The quantitative estimate of drug-likeness (QED) is 0.337. The molecule has 11 heteroatoms. The van der Waals surface area contributed by atoms with E-state index in [9.17, 15) is 4.79 Å². The first-order valence-corrected chi connectivity index (χ1v) is 11.0. The number of nitrogens with two attached hydrogens (primary N) is 1. The molecule has 0 fully saturated rings. The van der Waals surface area contributed by atoms with Crippen LogP contribution in [-0.2, 0) is 4.79 Å². The standard InChI is InChI=1S/C16H21Cl2N5O2S2/c1-3-22(4-2)14(24)10-27-16-21-20-15(23(16)19)26-8-7-25-13-6-5-11(17)9-12(13)18/h5-6,9H,3-4,7-8,10,19H2,1-2H3. The minimum absolute atomic E-state index is 0.0513. The van der Waals surface area contributed by atoms with Crippen molar-refractivity contribution in [3.8, 4) is 5.75 Å². The van der Waals surface area contributed by atoms with Gasteiger partial charge in [-0.2, -0.15) is 0 Å². The van der Waals surface area contributed by atoms with E-state index >= 15 is 0 Å². The van der Waals surface area contributed by atoms with Crippen molar-refractivity contribution in [1.82, 2.24) is 19.8 Å². The highest BCUT2D eigenvalue weighted by Gasteiger charge is 2.15. The predicted molar refractivity (Wildman–Crippen MR) is 112 cm³/mol. The molecule has 0 radical (unpaired) electrons. The van der Waals surface area contributed by atoms with E-state index in [1.54, 1.807) is 23.1 Å². The lowest BCUT2D eigenvalue weighted by atomic mass is 10.3. The number of ether oxygens (including phenoxy) is 1. The van der Waals surface area contributed by atoms with Crippen LogP contribution in [0.2, 0.25) is 10.0 Å². The summed E-state index contributed by atoms with van der Waals surface area (Å²) in [5, 5.41) is 10.2. The van der Waals surface area contributed by atoms with Gasteiger partial charge in [0.1, 0.15) is 5.75 Å². The first-order chi connectivity index (χ1) is 13.0. The lowest BCUT2D eigenvalue weighted by molar-refractivity contribution is -0.127. The highest BCUT2D eigenvalue weighted by atomic mass is 35.5. The Morgan fingerprint density at radius 3 is 2.52 bits per heavy atom. The molecule has 0 saturated heterocycles. The van der Waals surface area contributed by atoms with Crippen molar-refractivity contribution in [3.05, 3.63) is 28.2 Å². The summed E-state index contributed by atoms with van der Waals surface area (Å²) in [6.07, 6.45) is 0. The summed E-state index contributed by atoms with van der Waals surface area (Å²) in [6, 6.07) is 5.07. The van der Waals surface area contributed by atoms with Crippen LogP contribution in [-0.4, -0.2) is 56.9 Å². The smallest absolute Gasteiger partial charge is 0.233 e. The van der Waals surface area contributed by atoms with Crippen LogP contribution in [0.4, 0.5) is 0 Å². The number of carbonyl (C=O) groups excluding carboxylic acids is 1. The molecule has 1 amide bonds. The Balaban J connectivity index is 1.80. The van der Waals surface area contributed by atoms with E-state index in [2.05, 4.69) is 10.2 Å². The summed E-state index contributed by atoms with van der Waals surface area (Å²) in [6.45, 7) is 5.69. The first-order valence-electron chi connectivity index (χ1n) is 8.27. The van der Waals surface area contributed by atoms with Crippen LogP contribution in [0.1, 0.15) is 13.8 Å². The molecule has 1 heterocycles. The van der Waals surface area contributed by atoms with E-state index in [1.165, 1.54) is 28.2 Å². The highest BCUT2D eigenvalue weighted by molar-refractivity contribution is 8.00. The van der Waals surface area contributed by atoms with Crippen LogP contribution in [0.15, 0.2) is 28.5 Å². The van der Waals surface area contributed by atoms with Gasteiger partial charge in [0.25, 0.3) is 0 Å². The molecule has 27 heavy (non-hydrogen) atoms. The molecule has 7 nitrogen and oxygen atoms in total. The minimum atomic E-state index is 0.0513. The monoisotopic (exact) mass is 449 g/mol. The number of rotatable bonds is 10. The van der Waals surface area contributed by atoms with Gasteiger partial charge in [-0.1, -0.05) is 46.7 Å². The number of hydrogen-bond donors (Lipinski definition) is 1. The first kappa shape index (κ1) is 22.0. The highest BCUT2D eigenvalue weighted by Crippen LogP contribution is 2.28. The molecular weight excluding hydrogens is 429 g/mol. The lowest BCUT2D eigenvalue weighted by Gasteiger charge is -2.17. The summed E-state index contributed by atoms with van der Waals surface area (Å²) < 4.78 is 7.01. The van der Waals surface area contributed by atoms with Crippen LogP contribution in [0.3, 0.4) is 0 Å². The van der Waals surface area contributed by atoms with Crippen molar-refractivity contribution < 1.29 is 9.53 Å². The van der Waals surface area contributed by atoms with Gasteiger partial charge < -0.3 is 15.5 Å². The van der Waals surface area contributed by atoms with Gasteiger partial charge in [-0.3, -0.25) is 4.79 Å². The molecule has 0 bridgehead atoms. The topological polar surface area (TPSA) is 86.3 Å². The van der Waals surface area contributed by atoms with Gasteiger partial charge in [0.05, 0.1) is 17.4 Å². The van der Waals surface area contributed by atoms with Gasteiger partial charge in [-0.15, -0.1) is 10.2 Å². The number of benzene rings is 1. The number of aromatic nitrogens is 3. The molecule has 2 N–H and O–H groups in total. The van der Waals surface area contributed by atoms with Crippen molar-refractivity contribution >= 4 is 52.6 Å². The normalized spacial score (nSPS) is 10.8. The minimum Gasteiger partial charge on any atom is -0.491 e. The predicted octanol–water partition coefficient (Wildman–Crippen LogP) is 3.43. The van der Waals surface area contributed by atoms with Crippen LogP contribution in [0.25, 0.3) is 0 Å². The van der Waals surface area contributed by atoms with Gasteiger partial charge in [-0.05, 0) is 32.0 Å². The van der Waals surface area contributed by atoms with Gasteiger partial charge in [0.2, 0.25) is 16.2 Å². The molecule has 1 aromatic heterocycles. The third kappa shape index (κ3) is 6.38. The number of nitrogen functional groups attached to an aromatic ring is 1. The number of hydrogen-bond acceptors (Lipinski definition) is 7. The summed E-state index contributed by atoms with van der Waals surface area (Å²) >= 11 is 14.6. The molecule has 0 atom stereocenters. The van der Waals surface area contributed by atoms with Gasteiger partial charge in [0.15, 0.2) is 0 Å². The van der Waals surface area contributed by atoms with Gasteiger partial charge in [0, 0.05) is 23.9 Å². The molecule has 0 saturated carbocycles. The van der Waals surface area contributed by atoms with E-state index in [0.29, 0.717) is 51.6 Å². The van der Waals surface area contributed by atoms with Crippen LogP contribution in [0, 0.1) is 0 Å². The van der Waals surface area contributed by atoms with Crippen LogP contribution in [0.5, 0.6) is 5.75 Å². The molecule has 0 aliphatic heterocycles. The maximum atomic E-state index is 12.1. The number of carbonyl (C=O) groups is 1. The van der Waals surface area contributed by atoms with Crippen molar-refractivity contribution in [2.75, 3.05) is 37.0 Å². The van der Waals surface area contributed by atoms with Crippen LogP contribution >= 0.6 is 46.7 Å². The summed E-state index contributed by atoms with van der Waals surface area (Å²) in [4.78, 5) is 13.8. The Morgan fingerprint density at radius 2 is 1.89 bits per heavy atom. The maximum absolute atomic E-state index is 12.1. The molecule has 0 spiro atoms. The largest absolute Gasteiger partial charge is 0.491 e. The van der Waals surface area contributed by atoms with E-state index in [-0.39, 0.29) is 11.7 Å². The zero-order valence-electron chi connectivity index (χ0n) is 15.0. The maximum Gasteiger partial charge on any atom is 0.233 e. The van der Waals surface area contributed by atoms with Gasteiger partial charge >= 0.3 is 0 Å². The van der Waals surface area contributed by atoms with Crippen molar-refractivity contribution in [3.63, 3.8) is 0 Å².